The Balaban J connectivity index is 2.04. The van der Waals surface area contributed by atoms with Crippen molar-refractivity contribution in [1.29, 1.82) is 0 Å². The van der Waals surface area contributed by atoms with Gasteiger partial charge < -0.3 is 9.30 Å². The van der Waals surface area contributed by atoms with Gasteiger partial charge in [0, 0.05) is 29.4 Å². The van der Waals surface area contributed by atoms with Gasteiger partial charge in [0.25, 0.3) is 5.69 Å². The summed E-state index contributed by atoms with van der Waals surface area (Å²) in [6, 6.07) is 14.7. The molecule has 0 radical (unpaired) electrons. The van der Waals surface area contributed by atoms with E-state index in [4.69, 9.17) is 4.74 Å². The smallest absolute Gasteiger partial charge is 0.270 e. The zero-order valence-corrected chi connectivity index (χ0v) is 11.5. The molecule has 1 aromatic heterocycles. The normalized spacial score (nSPS) is 10.7. The summed E-state index contributed by atoms with van der Waals surface area (Å²) in [7, 11) is 1.57. The summed E-state index contributed by atoms with van der Waals surface area (Å²) in [5.74, 6) is 0.651. The summed E-state index contributed by atoms with van der Waals surface area (Å²) in [5.41, 5.74) is 1.95. The Morgan fingerprint density at radius 3 is 2.76 bits per heavy atom. The minimum Gasteiger partial charge on any atom is -0.496 e. The summed E-state index contributed by atoms with van der Waals surface area (Å²) in [5, 5.41) is 12.1. The molecule has 0 unspecified atom stereocenters. The van der Waals surface area contributed by atoms with E-state index in [2.05, 4.69) is 4.57 Å². The first-order chi connectivity index (χ1) is 10.2. The van der Waals surface area contributed by atoms with Crippen LogP contribution in [0.2, 0.25) is 0 Å². The Bertz CT molecular complexity index is 808. The van der Waals surface area contributed by atoms with E-state index in [0.717, 1.165) is 16.5 Å². The topological polar surface area (TPSA) is 57.3 Å². The number of para-hydroxylation sites is 1. The molecule has 0 saturated carbocycles. The van der Waals surface area contributed by atoms with Crippen molar-refractivity contribution in [3.63, 3.8) is 0 Å². The van der Waals surface area contributed by atoms with Crippen molar-refractivity contribution in [2.45, 2.75) is 6.54 Å². The largest absolute Gasteiger partial charge is 0.496 e. The highest BCUT2D eigenvalue weighted by Gasteiger charge is 2.12. The van der Waals surface area contributed by atoms with Crippen LogP contribution >= 0.6 is 0 Å². The molecule has 1 heterocycles. The number of benzene rings is 2. The number of non-ortho nitro benzene ring substituents is 1. The lowest BCUT2D eigenvalue weighted by atomic mass is 10.1. The number of nitrogens with zero attached hydrogens (tertiary/aromatic N) is 2. The predicted molar refractivity (Wildman–Crippen MR) is 80.7 cm³/mol. The zero-order valence-electron chi connectivity index (χ0n) is 11.5. The third kappa shape index (κ3) is 2.45. The van der Waals surface area contributed by atoms with Crippen molar-refractivity contribution in [3.05, 3.63) is 70.4 Å². The van der Waals surface area contributed by atoms with Crippen LogP contribution in [-0.4, -0.2) is 16.6 Å². The Morgan fingerprint density at radius 2 is 2.00 bits per heavy atom. The van der Waals surface area contributed by atoms with Crippen molar-refractivity contribution in [1.82, 2.24) is 4.57 Å². The number of fused-ring (bicyclic) bond motifs is 1. The van der Waals surface area contributed by atoms with Gasteiger partial charge in [-0.25, -0.2) is 0 Å². The Labute approximate surface area is 121 Å². The second kappa shape index (κ2) is 5.28. The minimum atomic E-state index is -0.392. The second-order valence-electron chi connectivity index (χ2n) is 4.76. The summed E-state index contributed by atoms with van der Waals surface area (Å²) in [4.78, 5) is 10.5. The molecule has 0 fully saturated rings. The van der Waals surface area contributed by atoms with Crippen LogP contribution in [-0.2, 0) is 6.54 Å². The fourth-order valence-electron chi connectivity index (χ4n) is 2.46. The number of hydrogen-bond acceptors (Lipinski definition) is 3. The average molecular weight is 282 g/mol. The highest BCUT2D eigenvalue weighted by atomic mass is 16.6. The molecule has 0 aliphatic carbocycles. The van der Waals surface area contributed by atoms with Crippen LogP contribution in [0.5, 0.6) is 5.75 Å². The molecule has 2 aromatic carbocycles. The molecule has 5 heteroatoms. The average Bonchev–Trinajstić information content (AvgIpc) is 2.90. The lowest BCUT2D eigenvalue weighted by molar-refractivity contribution is -0.384. The minimum absolute atomic E-state index is 0.0715. The van der Waals surface area contributed by atoms with Gasteiger partial charge in [-0.2, -0.15) is 0 Å². The van der Waals surface area contributed by atoms with Crippen molar-refractivity contribution < 1.29 is 9.66 Å². The molecular weight excluding hydrogens is 268 g/mol. The molecule has 0 aliphatic heterocycles. The number of methoxy groups -OCH3 is 1. The molecule has 5 nitrogen and oxygen atoms in total. The highest BCUT2D eigenvalue weighted by Crippen LogP contribution is 2.26. The molecule has 0 atom stereocenters. The van der Waals surface area contributed by atoms with Gasteiger partial charge in [-0.05, 0) is 23.6 Å². The molecule has 0 bridgehead atoms. The number of aromatic nitrogens is 1. The van der Waals surface area contributed by atoms with Crippen LogP contribution in [0, 0.1) is 10.1 Å². The fourth-order valence-corrected chi connectivity index (χ4v) is 2.46. The molecule has 3 rings (SSSR count). The lowest BCUT2D eigenvalue weighted by Gasteiger charge is -2.10. The molecule has 3 aromatic rings. The van der Waals surface area contributed by atoms with Gasteiger partial charge in [-0.15, -0.1) is 0 Å². The van der Waals surface area contributed by atoms with Crippen LogP contribution in [0.15, 0.2) is 54.7 Å². The van der Waals surface area contributed by atoms with Crippen LogP contribution in [0.1, 0.15) is 5.56 Å². The monoisotopic (exact) mass is 282 g/mol. The van der Waals surface area contributed by atoms with E-state index in [1.807, 2.05) is 36.5 Å². The van der Waals surface area contributed by atoms with Gasteiger partial charge in [-0.1, -0.05) is 18.2 Å². The SMILES string of the molecule is COc1ccc([N+](=O)[O-])cc1Cn1ccc2ccccc21. The predicted octanol–water partition coefficient (Wildman–Crippen LogP) is 3.61. The number of hydrogen-bond donors (Lipinski definition) is 0. The van der Waals surface area contributed by atoms with Gasteiger partial charge in [-0.3, -0.25) is 10.1 Å². The van der Waals surface area contributed by atoms with Crippen LogP contribution < -0.4 is 4.74 Å². The summed E-state index contributed by atoms with van der Waals surface area (Å²) >= 11 is 0. The number of rotatable bonds is 4. The molecule has 0 N–H and O–H groups in total. The zero-order chi connectivity index (χ0) is 14.8. The first-order valence-electron chi connectivity index (χ1n) is 6.54. The second-order valence-corrected chi connectivity index (χ2v) is 4.76. The quantitative estimate of drug-likeness (QED) is 0.542. The summed E-state index contributed by atoms with van der Waals surface area (Å²) in [6.45, 7) is 0.526. The van der Waals surface area contributed by atoms with E-state index in [0.29, 0.717) is 12.3 Å². The van der Waals surface area contributed by atoms with E-state index < -0.39 is 4.92 Å². The van der Waals surface area contributed by atoms with Crippen molar-refractivity contribution in [3.8, 4) is 5.75 Å². The molecule has 0 saturated heterocycles. The van der Waals surface area contributed by atoms with E-state index >= 15 is 0 Å². The molecule has 0 spiro atoms. The van der Waals surface area contributed by atoms with Crippen molar-refractivity contribution in [2.75, 3.05) is 7.11 Å². The van der Waals surface area contributed by atoms with Gasteiger partial charge in [0.1, 0.15) is 5.75 Å². The molecule has 0 amide bonds. The lowest BCUT2D eigenvalue weighted by Crippen LogP contribution is -2.01. The standard InChI is InChI=1S/C16H14N2O3/c1-21-16-7-6-14(18(19)20)10-13(16)11-17-9-8-12-4-2-3-5-15(12)17/h2-10H,11H2,1H3. The van der Waals surface area contributed by atoms with Crippen LogP contribution in [0.4, 0.5) is 5.69 Å². The third-order valence-electron chi connectivity index (χ3n) is 3.50. The number of nitro benzene ring substituents is 1. The molecule has 21 heavy (non-hydrogen) atoms. The van der Waals surface area contributed by atoms with Gasteiger partial charge >= 0.3 is 0 Å². The summed E-state index contributed by atoms with van der Waals surface area (Å²) < 4.78 is 7.36. The van der Waals surface area contributed by atoms with E-state index in [1.54, 1.807) is 19.2 Å². The Hall–Kier alpha value is -2.82. The number of ether oxygens (including phenoxy) is 1. The molecule has 0 aliphatic rings. The van der Waals surface area contributed by atoms with E-state index in [1.165, 1.54) is 6.07 Å². The van der Waals surface area contributed by atoms with Gasteiger partial charge in [0.05, 0.1) is 18.6 Å². The Kier molecular flexibility index (Phi) is 3.31. The van der Waals surface area contributed by atoms with Crippen LogP contribution in [0.25, 0.3) is 10.9 Å². The number of nitro groups is 1. The van der Waals surface area contributed by atoms with Gasteiger partial charge in [0.15, 0.2) is 0 Å². The maximum atomic E-state index is 10.9. The fraction of sp³-hybridized carbons (Fsp3) is 0.125. The first kappa shape index (κ1) is 13.2. The van der Waals surface area contributed by atoms with Gasteiger partial charge in [0.2, 0.25) is 0 Å². The third-order valence-corrected chi connectivity index (χ3v) is 3.50. The maximum absolute atomic E-state index is 10.9. The van der Waals surface area contributed by atoms with Crippen LogP contribution in [0.3, 0.4) is 0 Å². The van der Waals surface area contributed by atoms with E-state index in [9.17, 15) is 10.1 Å². The van der Waals surface area contributed by atoms with Crippen molar-refractivity contribution >= 4 is 16.6 Å². The van der Waals surface area contributed by atoms with Crippen molar-refractivity contribution in [2.24, 2.45) is 0 Å². The Morgan fingerprint density at radius 1 is 1.19 bits per heavy atom. The van der Waals surface area contributed by atoms with E-state index in [-0.39, 0.29) is 5.69 Å². The highest BCUT2D eigenvalue weighted by molar-refractivity contribution is 5.80. The first-order valence-corrected chi connectivity index (χ1v) is 6.54. The molecule has 106 valence electrons. The summed E-state index contributed by atoms with van der Waals surface area (Å²) in [6.07, 6.45) is 1.98. The maximum Gasteiger partial charge on any atom is 0.270 e. The molecular formula is C16H14N2O3.